The van der Waals surface area contributed by atoms with E-state index in [4.69, 9.17) is 0 Å². The van der Waals surface area contributed by atoms with Crippen LogP contribution in [0.4, 0.5) is 0 Å². The number of rotatable bonds is 7. The Morgan fingerprint density at radius 1 is 0.913 bits per heavy atom. The molecular weight excluding hydrogens is 284 g/mol. The van der Waals surface area contributed by atoms with Gasteiger partial charge in [-0.3, -0.25) is 0 Å². The molecule has 2 heteroatoms. The summed E-state index contributed by atoms with van der Waals surface area (Å²) in [5.41, 5.74) is 4.19. The number of aromatic hydroxyl groups is 2. The third-order valence-corrected chi connectivity index (χ3v) is 4.09. The Labute approximate surface area is 138 Å². The first-order chi connectivity index (χ1) is 11.0. The molecule has 0 aromatic heterocycles. The van der Waals surface area contributed by atoms with Gasteiger partial charge in [-0.1, -0.05) is 43.3 Å². The van der Waals surface area contributed by atoms with Gasteiger partial charge in [-0.15, -0.1) is 13.2 Å². The third-order valence-electron chi connectivity index (χ3n) is 4.09. The van der Waals surface area contributed by atoms with Crippen LogP contribution in [0.2, 0.25) is 0 Å². The fourth-order valence-electron chi connectivity index (χ4n) is 2.79. The first kappa shape index (κ1) is 16.9. The first-order valence-corrected chi connectivity index (χ1v) is 7.89. The maximum atomic E-state index is 9.88. The van der Waals surface area contributed by atoms with Crippen molar-refractivity contribution in [2.24, 2.45) is 0 Å². The summed E-state index contributed by atoms with van der Waals surface area (Å²) in [7, 11) is 0. The Morgan fingerprint density at radius 2 is 1.48 bits per heavy atom. The highest BCUT2D eigenvalue weighted by atomic mass is 16.3. The number of hydrogen-bond acceptors (Lipinski definition) is 2. The van der Waals surface area contributed by atoms with Crippen molar-refractivity contribution in [1.29, 1.82) is 0 Å². The molecule has 2 rings (SSSR count). The maximum absolute atomic E-state index is 9.88. The summed E-state index contributed by atoms with van der Waals surface area (Å²) in [4.78, 5) is 0. The SMILES string of the molecule is C=CCc1cc(CC(C)c2ccc(O)c(CC=C)c2)ccc1O. The summed E-state index contributed by atoms with van der Waals surface area (Å²) in [6, 6.07) is 11.5. The van der Waals surface area contributed by atoms with E-state index in [-0.39, 0.29) is 0 Å². The number of benzene rings is 2. The van der Waals surface area contributed by atoms with Crippen molar-refractivity contribution in [3.8, 4) is 11.5 Å². The number of allylic oxidation sites excluding steroid dienone is 2. The molecule has 1 atom stereocenters. The monoisotopic (exact) mass is 308 g/mol. The molecule has 2 N–H and O–H groups in total. The molecule has 120 valence electrons. The average molecular weight is 308 g/mol. The third kappa shape index (κ3) is 4.26. The minimum atomic E-state index is 0.318. The molecule has 1 unspecified atom stereocenters. The average Bonchev–Trinajstić information content (AvgIpc) is 2.53. The second-order valence-corrected chi connectivity index (χ2v) is 5.94. The number of phenols is 2. The van der Waals surface area contributed by atoms with Crippen LogP contribution in [-0.4, -0.2) is 10.2 Å². The molecule has 2 nitrogen and oxygen atoms in total. The highest BCUT2D eigenvalue weighted by Crippen LogP contribution is 2.28. The van der Waals surface area contributed by atoms with E-state index in [9.17, 15) is 10.2 Å². The van der Waals surface area contributed by atoms with Crippen molar-refractivity contribution in [3.05, 3.63) is 84.0 Å². The lowest BCUT2D eigenvalue weighted by molar-refractivity contribution is 0.468. The quantitative estimate of drug-likeness (QED) is 0.714. The summed E-state index contributed by atoms with van der Waals surface area (Å²) < 4.78 is 0. The van der Waals surface area contributed by atoms with E-state index < -0.39 is 0 Å². The predicted octanol–water partition coefficient (Wildman–Crippen LogP) is 4.90. The minimum Gasteiger partial charge on any atom is -0.508 e. The van der Waals surface area contributed by atoms with Gasteiger partial charge < -0.3 is 10.2 Å². The Kier molecular flexibility index (Phi) is 5.64. The Hall–Kier alpha value is -2.48. The lowest BCUT2D eigenvalue weighted by atomic mass is 9.91. The molecule has 0 aliphatic carbocycles. The molecule has 0 bridgehead atoms. The van der Waals surface area contributed by atoms with E-state index in [1.54, 1.807) is 24.3 Å². The topological polar surface area (TPSA) is 40.5 Å². The number of phenolic OH excluding ortho intramolecular Hbond substituents is 2. The minimum absolute atomic E-state index is 0.318. The number of hydrogen-bond donors (Lipinski definition) is 2. The van der Waals surface area contributed by atoms with E-state index in [0.717, 1.165) is 17.5 Å². The van der Waals surface area contributed by atoms with Crippen LogP contribution in [0, 0.1) is 0 Å². The van der Waals surface area contributed by atoms with Gasteiger partial charge in [0.25, 0.3) is 0 Å². The summed E-state index contributed by atoms with van der Waals surface area (Å²) >= 11 is 0. The van der Waals surface area contributed by atoms with Gasteiger partial charge in [0.1, 0.15) is 11.5 Å². The summed E-state index contributed by atoms with van der Waals surface area (Å²) in [6.07, 6.45) is 5.80. The zero-order valence-corrected chi connectivity index (χ0v) is 13.6. The van der Waals surface area contributed by atoms with Crippen molar-refractivity contribution in [2.45, 2.75) is 32.1 Å². The molecule has 0 saturated carbocycles. The van der Waals surface area contributed by atoms with Crippen molar-refractivity contribution >= 4 is 0 Å². The van der Waals surface area contributed by atoms with Crippen LogP contribution in [0.5, 0.6) is 11.5 Å². The highest BCUT2D eigenvalue weighted by Gasteiger charge is 2.11. The molecule has 0 aliphatic heterocycles. The van der Waals surface area contributed by atoms with Gasteiger partial charge in [-0.25, -0.2) is 0 Å². The molecule has 0 fully saturated rings. The smallest absolute Gasteiger partial charge is 0.119 e. The van der Waals surface area contributed by atoms with Gasteiger partial charge in [0, 0.05) is 0 Å². The first-order valence-electron chi connectivity index (χ1n) is 7.89. The molecule has 0 heterocycles. The molecule has 0 amide bonds. The summed E-state index contributed by atoms with van der Waals surface area (Å²) in [6.45, 7) is 9.63. The van der Waals surface area contributed by atoms with Crippen LogP contribution in [0.3, 0.4) is 0 Å². The van der Waals surface area contributed by atoms with Crippen LogP contribution >= 0.6 is 0 Å². The predicted molar refractivity (Wildman–Crippen MR) is 96.1 cm³/mol. The summed E-state index contributed by atoms with van der Waals surface area (Å²) in [5, 5.41) is 19.7. The molecule has 2 aromatic carbocycles. The second kappa shape index (κ2) is 7.68. The van der Waals surface area contributed by atoms with Crippen molar-refractivity contribution in [1.82, 2.24) is 0 Å². The van der Waals surface area contributed by atoms with Crippen LogP contribution in [0.15, 0.2) is 61.7 Å². The van der Waals surface area contributed by atoms with E-state index in [1.807, 2.05) is 24.3 Å². The zero-order chi connectivity index (χ0) is 16.8. The lowest BCUT2D eigenvalue weighted by Crippen LogP contribution is -2.00. The zero-order valence-electron chi connectivity index (χ0n) is 13.6. The fraction of sp³-hybridized carbons (Fsp3) is 0.238. The van der Waals surface area contributed by atoms with Crippen molar-refractivity contribution in [2.75, 3.05) is 0 Å². The molecule has 2 aromatic rings. The van der Waals surface area contributed by atoms with Crippen LogP contribution in [-0.2, 0) is 19.3 Å². The highest BCUT2D eigenvalue weighted by molar-refractivity contribution is 5.41. The normalized spacial score (nSPS) is 11.9. The van der Waals surface area contributed by atoms with Gasteiger partial charge >= 0.3 is 0 Å². The van der Waals surface area contributed by atoms with Crippen LogP contribution in [0.25, 0.3) is 0 Å². The molecular formula is C21H24O2. The van der Waals surface area contributed by atoms with Gasteiger partial charge in [0.2, 0.25) is 0 Å². The van der Waals surface area contributed by atoms with E-state index in [1.165, 1.54) is 11.1 Å². The molecule has 0 spiro atoms. The van der Waals surface area contributed by atoms with E-state index >= 15 is 0 Å². The lowest BCUT2D eigenvalue weighted by Gasteiger charge is -2.15. The Morgan fingerprint density at radius 3 is 2.09 bits per heavy atom. The van der Waals surface area contributed by atoms with Gasteiger partial charge in [0.05, 0.1) is 0 Å². The van der Waals surface area contributed by atoms with Crippen LogP contribution in [0.1, 0.15) is 35.1 Å². The van der Waals surface area contributed by atoms with E-state index in [2.05, 4.69) is 20.1 Å². The van der Waals surface area contributed by atoms with Gasteiger partial charge in [-0.05, 0) is 59.6 Å². The molecule has 0 radical (unpaired) electrons. The largest absolute Gasteiger partial charge is 0.508 e. The standard InChI is InChI=1S/C21H24O2/c1-4-6-18-13-16(8-10-20(18)22)12-15(3)17-9-11-21(23)19(14-17)7-5-2/h4-5,8-11,13-15,22-23H,1-2,6-7,12H2,3H3. The van der Waals surface area contributed by atoms with Crippen LogP contribution < -0.4 is 0 Å². The van der Waals surface area contributed by atoms with E-state index in [0.29, 0.717) is 30.3 Å². The molecule has 0 saturated heterocycles. The molecule has 23 heavy (non-hydrogen) atoms. The van der Waals surface area contributed by atoms with Crippen molar-refractivity contribution < 1.29 is 10.2 Å². The fourth-order valence-corrected chi connectivity index (χ4v) is 2.79. The van der Waals surface area contributed by atoms with Gasteiger partial charge in [-0.2, -0.15) is 0 Å². The van der Waals surface area contributed by atoms with Crippen molar-refractivity contribution in [3.63, 3.8) is 0 Å². The maximum Gasteiger partial charge on any atom is 0.119 e. The summed E-state index contributed by atoms with van der Waals surface area (Å²) in [5.74, 6) is 0.957. The Bertz CT molecular complexity index is 701. The van der Waals surface area contributed by atoms with Gasteiger partial charge in [0.15, 0.2) is 0 Å². The molecule has 0 aliphatic rings. The Balaban J connectivity index is 2.20. The second-order valence-electron chi connectivity index (χ2n) is 5.94.